The van der Waals surface area contributed by atoms with E-state index < -0.39 is 18.6 Å². The molecule has 0 aliphatic heterocycles. The highest BCUT2D eigenvalue weighted by Gasteiger charge is 2.27. The van der Waals surface area contributed by atoms with Gasteiger partial charge in [-0.15, -0.1) is 0 Å². The number of imidazole rings is 1. The number of hydrogen-bond acceptors (Lipinski definition) is 2. The summed E-state index contributed by atoms with van der Waals surface area (Å²) in [6, 6.07) is -0.493. The van der Waals surface area contributed by atoms with E-state index in [-0.39, 0.29) is 6.42 Å². The predicted molar refractivity (Wildman–Crippen MR) is 50.2 cm³/mol. The highest BCUT2D eigenvalue weighted by molar-refractivity contribution is 4.93. The monoisotopic (exact) mass is 221 g/mol. The Morgan fingerprint density at radius 1 is 1.53 bits per heavy atom. The molecule has 0 saturated heterocycles. The molecule has 0 saturated carbocycles. The molecule has 0 aliphatic rings. The Hall–Kier alpha value is -1.04. The van der Waals surface area contributed by atoms with E-state index in [9.17, 15) is 13.2 Å². The van der Waals surface area contributed by atoms with Crippen LogP contribution < -0.4 is 5.73 Å². The highest BCUT2D eigenvalue weighted by atomic mass is 19.4. The normalized spacial score (nSPS) is 14.2. The van der Waals surface area contributed by atoms with Crippen LogP contribution in [0, 0.1) is 0 Å². The Kier molecular flexibility index (Phi) is 3.73. The summed E-state index contributed by atoms with van der Waals surface area (Å²) in [6.45, 7) is 0. The molecule has 0 fully saturated rings. The highest BCUT2D eigenvalue weighted by Crippen LogP contribution is 2.22. The van der Waals surface area contributed by atoms with Crippen molar-refractivity contribution in [1.29, 1.82) is 0 Å². The van der Waals surface area contributed by atoms with E-state index in [1.807, 2.05) is 0 Å². The van der Waals surface area contributed by atoms with Gasteiger partial charge in [-0.1, -0.05) is 0 Å². The van der Waals surface area contributed by atoms with Gasteiger partial charge < -0.3 is 10.3 Å². The number of nitrogens with zero attached hydrogens (tertiary/aromatic N) is 2. The molecule has 1 atom stereocenters. The second-order valence-corrected chi connectivity index (χ2v) is 3.57. The fraction of sp³-hybridized carbons (Fsp3) is 0.667. The molecule has 1 heterocycles. The second-order valence-electron chi connectivity index (χ2n) is 3.57. The molecule has 1 aromatic heterocycles. The first-order valence-corrected chi connectivity index (χ1v) is 4.67. The molecule has 0 aliphatic carbocycles. The van der Waals surface area contributed by atoms with Crippen LogP contribution in [0.4, 0.5) is 13.2 Å². The Morgan fingerprint density at radius 2 is 2.20 bits per heavy atom. The van der Waals surface area contributed by atoms with Gasteiger partial charge in [-0.2, -0.15) is 13.2 Å². The van der Waals surface area contributed by atoms with Gasteiger partial charge in [-0.3, -0.25) is 0 Å². The minimum Gasteiger partial charge on any atom is -0.338 e. The lowest BCUT2D eigenvalue weighted by atomic mass is 10.1. The Labute approximate surface area is 86.1 Å². The van der Waals surface area contributed by atoms with Crippen LogP contribution in [-0.4, -0.2) is 21.8 Å². The second kappa shape index (κ2) is 4.65. The zero-order valence-electron chi connectivity index (χ0n) is 8.46. The van der Waals surface area contributed by atoms with Crippen LogP contribution in [-0.2, 0) is 13.5 Å². The molecule has 15 heavy (non-hydrogen) atoms. The first-order valence-electron chi connectivity index (χ1n) is 4.67. The largest absolute Gasteiger partial charge is 0.389 e. The predicted octanol–water partition coefficient (Wildman–Crippen LogP) is 1.63. The number of aromatic nitrogens is 2. The van der Waals surface area contributed by atoms with Crippen LogP contribution in [0.2, 0.25) is 0 Å². The minimum atomic E-state index is -4.13. The average molecular weight is 221 g/mol. The summed E-state index contributed by atoms with van der Waals surface area (Å²) in [6.07, 6.45) is -1.30. The van der Waals surface area contributed by atoms with E-state index in [1.54, 1.807) is 24.0 Å². The maximum atomic E-state index is 11.9. The fourth-order valence-corrected chi connectivity index (χ4v) is 1.28. The van der Waals surface area contributed by atoms with Crippen LogP contribution >= 0.6 is 0 Å². The van der Waals surface area contributed by atoms with E-state index in [0.29, 0.717) is 12.2 Å². The fourth-order valence-electron chi connectivity index (χ4n) is 1.28. The molecular formula is C9H14F3N3. The van der Waals surface area contributed by atoms with Crippen molar-refractivity contribution in [3.8, 4) is 0 Å². The van der Waals surface area contributed by atoms with Crippen molar-refractivity contribution in [3.63, 3.8) is 0 Å². The lowest BCUT2D eigenvalue weighted by Crippen LogP contribution is -2.26. The third-order valence-electron chi connectivity index (χ3n) is 2.16. The van der Waals surface area contributed by atoms with Gasteiger partial charge in [0.1, 0.15) is 5.82 Å². The number of alkyl halides is 3. The summed E-state index contributed by atoms with van der Waals surface area (Å²) >= 11 is 0. The molecule has 0 bridgehead atoms. The molecule has 1 rings (SSSR count). The Bertz CT molecular complexity index is 306. The summed E-state index contributed by atoms with van der Waals surface area (Å²) in [5.41, 5.74) is 5.59. The lowest BCUT2D eigenvalue weighted by Gasteiger charge is -2.12. The Morgan fingerprint density at radius 3 is 2.67 bits per heavy atom. The summed E-state index contributed by atoms with van der Waals surface area (Å²) < 4.78 is 37.5. The van der Waals surface area contributed by atoms with Crippen molar-refractivity contribution < 1.29 is 13.2 Å². The first-order chi connectivity index (χ1) is 6.88. The van der Waals surface area contributed by atoms with Crippen LogP contribution in [0.25, 0.3) is 0 Å². The molecule has 0 amide bonds. The van der Waals surface area contributed by atoms with Crippen molar-refractivity contribution in [1.82, 2.24) is 9.55 Å². The van der Waals surface area contributed by atoms with Gasteiger partial charge in [0, 0.05) is 38.3 Å². The molecule has 86 valence electrons. The smallest absolute Gasteiger partial charge is 0.338 e. The van der Waals surface area contributed by atoms with E-state index >= 15 is 0 Å². The third-order valence-corrected chi connectivity index (χ3v) is 2.16. The maximum Gasteiger partial charge on any atom is 0.389 e. The van der Waals surface area contributed by atoms with Crippen LogP contribution in [0.3, 0.4) is 0 Å². The quantitative estimate of drug-likeness (QED) is 0.839. The maximum absolute atomic E-state index is 11.9. The van der Waals surface area contributed by atoms with Gasteiger partial charge in [0.25, 0.3) is 0 Å². The number of nitrogens with two attached hydrogens (primary N) is 1. The van der Waals surface area contributed by atoms with Gasteiger partial charge in [0.2, 0.25) is 0 Å². The SMILES string of the molecule is Cn1ccnc1CC(N)CCC(F)(F)F. The summed E-state index contributed by atoms with van der Waals surface area (Å²) in [4.78, 5) is 4.00. The molecule has 1 aromatic rings. The van der Waals surface area contributed by atoms with E-state index in [2.05, 4.69) is 4.98 Å². The molecule has 6 heteroatoms. The summed E-state index contributed by atoms with van der Waals surface area (Å²) in [5, 5.41) is 0. The van der Waals surface area contributed by atoms with Crippen LogP contribution in [0.15, 0.2) is 12.4 Å². The average Bonchev–Trinajstić information content (AvgIpc) is 2.47. The van der Waals surface area contributed by atoms with Gasteiger partial charge >= 0.3 is 6.18 Å². The number of hydrogen-bond donors (Lipinski definition) is 1. The third kappa shape index (κ3) is 4.33. The van der Waals surface area contributed by atoms with Gasteiger partial charge in [-0.25, -0.2) is 4.98 Å². The van der Waals surface area contributed by atoms with E-state index in [0.717, 1.165) is 0 Å². The minimum absolute atomic E-state index is 0.0592. The number of aryl methyl sites for hydroxylation is 1. The van der Waals surface area contributed by atoms with Gasteiger partial charge in [0.05, 0.1) is 0 Å². The standard InChI is InChI=1S/C9H14F3N3/c1-15-5-4-14-8(15)6-7(13)2-3-9(10,11)12/h4-5,7H,2-3,6,13H2,1H3. The van der Waals surface area contributed by atoms with Crippen molar-refractivity contribution in [3.05, 3.63) is 18.2 Å². The Balaban J connectivity index is 2.37. The van der Waals surface area contributed by atoms with Crippen LogP contribution in [0.1, 0.15) is 18.7 Å². The van der Waals surface area contributed by atoms with Crippen molar-refractivity contribution in [2.75, 3.05) is 0 Å². The molecule has 2 N–H and O–H groups in total. The molecule has 1 unspecified atom stereocenters. The molecule has 3 nitrogen and oxygen atoms in total. The zero-order chi connectivity index (χ0) is 11.5. The van der Waals surface area contributed by atoms with Crippen molar-refractivity contribution in [2.24, 2.45) is 12.8 Å². The summed E-state index contributed by atoms with van der Waals surface area (Å²) in [7, 11) is 1.79. The first kappa shape index (κ1) is 12.0. The van der Waals surface area contributed by atoms with E-state index in [4.69, 9.17) is 5.73 Å². The van der Waals surface area contributed by atoms with Gasteiger partial charge in [0.15, 0.2) is 0 Å². The topological polar surface area (TPSA) is 43.8 Å². The van der Waals surface area contributed by atoms with Crippen molar-refractivity contribution >= 4 is 0 Å². The summed E-state index contributed by atoms with van der Waals surface area (Å²) in [5.74, 6) is 0.713. The van der Waals surface area contributed by atoms with Gasteiger partial charge in [-0.05, 0) is 6.42 Å². The molecule has 0 aromatic carbocycles. The molecule has 0 spiro atoms. The van der Waals surface area contributed by atoms with Crippen molar-refractivity contribution in [2.45, 2.75) is 31.5 Å². The number of rotatable bonds is 4. The lowest BCUT2D eigenvalue weighted by molar-refractivity contribution is -0.136. The van der Waals surface area contributed by atoms with Crippen LogP contribution in [0.5, 0.6) is 0 Å². The number of halogens is 3. The molecule has 0 radical (unpaired) electrons. The molecular weight excluding hydrogens is 207 g/mol. The van der Waals surface area contributed by atoms with E-state index in [1.165, 1.54) is 0 Å². The zero-order valence-corrected chi connectivity index (χ0v) is 8.46.